The van der Waals surface area contributed by atoms with Gasteiger partial charge in [-0.05, 0) is 82.8 Å². The Bertz CT molecular complexity index is 1010. The second-order valence-electron chi connectivity index (χ2n) is 9.30. The number of anilines is 1. The van der Waals surface area contributed by atoms with Gasteiger partial charge in [-0.1, -0.05) is 17.7 Å². The van der Waals surface area contributed by atoms with Crippen LogP contribution in [0.5, 0.6) is 5.75 Å². The average Bonchev–Trinajstić information content (AvgIpc) is 2.99. The maximum absolute atomic E-state index is 13.3. The van der Waals surface area contributed by atoms with E-state index >= 15 is 0 Å². The number of nitrogens with zero attached hydrogens (tertiary/aromatic N) is 3. The number of benzene rings is 1. The third-order valence-electron chi connectivity index (χ3n) is 6.84. The molecule has 2 aliphatic rings. The normalized spacial score (nSPS) is 20.0. The fraction of sp³-hybridized carbons (Fsp3) is 0.520. The lowest BCUT2D eigenvalue weighted by atomic mass is 9.96. The van der Waals surface area contributed by atoms with Crippen LogP contribution in [0.4, 0.5) is 5.69 Å². The van der Waals surface area contributed by atoms with Gasteiger partial charge in [0.25, 0.3) is 5.91 Å². The van der Waals surface area contributed by atoms with Crippen molar-refractivity contribution in [2.75, 3.05) is 31.1 Å². The quantitative estimate of drug-likeness (QED) is 0.642. The maximum Gasteiger partial charge on any atom is 0.264 e. The summed E-state index contributed by atoms with van der Waals surface area (Å²) in [5.74, 6) is 0.314. The fourth-order valence-electron chi connectivity index (χ4n) is 4.89. The van der Waals surface area contributed by atoms with E-state index < -0.39 is 0 Å². The second kappa shape index (κ2) is 10.5. The number of halogens is 1. The first-order chi connectivity index (χ1) is 15.8. The third kappa shape index (κ3) is 5.53. The van der Waals surface area contributed by atoms with Gasteiger partial charge >= 0.3 is 0 Å². The summed E-state index contributed by atoms with van der Waals surface area (Å²) in [7, 11) is 0. The summed E-state index contributed by atoms with van der Waals surface area (Å²) in [4.78, 5) is 32.7. The van der Waals surface area contributed by atoms with E-state index in [1.165, 1.54) is 29.1 Å². The van der Waals surface area contributed by atoms with Gasteiger partial charge in [0.05, 0.1) is 21.4 Å². The van der Waals surface area contributed by atoms with E-state index in [9.17, 15) is 14.7 Å². The number of phenols is 1. The molecule has 2 aliphatic heterocycles. The first kappa shape index (κ1) is 24.0. The van der Waals surface area contributed by atoms with Crippen LogP contribution in [0.25, 0.3) is 0 Å². The van der Waals surface area contributed by atoms with Crippen molar-refractivity contribution in [2.24, 2.45) is 5.92 Å². The van der Waals surface area contributed by atoms with Crippen molar-refractivity contribution >= 4 is 40.4 Å². The molecule has 1 aromatic heterocycles. The Morgan fingerprint density at radius 3 is 2.73 bits per heavy atom. The molecule has 6 nitrogen and oxygen atoms in total. The van der Waals surface area contributed by atoms with E-state index in [1.54, 1.807) is 29.2 Å². The van der Waals surface area contributed by atoms with Gasteiger partial charge in [-0.3, -0.25) is 9.59 Å². The Hall–Kier alpha value is -2.09. The summed E-state index contributed by atoms with van der Waals surface area (Å²) in [5, 5.41) is 10.6. The van der Waals surface area contributed by atoms with E-state index in [0.29, 0.717) is 39.0 Å². The number of hydrogen-bond donors (Lipinski definition) is 1. The molecule has 0 aliphatic carbocycles. The predicted molar refractivity (Wildman–Crippen MR) is 133 cm³/mol. The van der Waals surface area contributed by atoms with E-state index in [-0.39, 0.29) is 30.7 Å². The summed E-state index contributed by atoms with van der Waals surface area (Å²) in [6.07, 6.45) is 4.40. The number of carbonyl (C=O) groups excluding carboxylic acids is 2. The Morgan fingerprint density at radius 2 is 2.00 bits per heavy atom. The zero-order chi connectivity index (χ0) is 23.5. The number of thiophene rings is 1. The predicted octanol–water partition coefficient (Wildman–Crippen LogP) is 5.00. The highest BCUT2D eigenvalue weighted by molar-refractivity contribution is 7.17. The summed E-state index contributed by atoms with van der Waals surface area (Å²) < 4.78 is 0.531. The van der Waals surface area contributed by atoms with Gasteiger partial charge < -0.3 is 19.8 Å². The molecule has 0 saturated carbocycles. The van der Waals surface area contributed by atoms with Crippen LogP contribution in [0, 0.1) is 5.92 Å². The molecule has 1 N–H and O–H groups in total. The number of fused-ring (bicyclic) bond motifs is 1. The number of likely N-dealkylation sites (tertiary alicyclic amines) is 1. The lowest BCUT2D eigenvalue weighted by molar-refractivity contribution is -0.119. The topological polar surface area (TPSA) is 64.1 Å². The van der Waals surface area contributed by atoms with E-state index in [1.807, 2.05) is 6.07 Å². The minimum atomic E-state index is -0.242. The standard InChI is InChI=1S/C25H32ClN3O3S/c1-17(2)27-12-4-5-18(10-13-27)11-14-29-20-6-3-7-21(30)19(20)15-28(16-24(29)31)25(32)22-8-9-23(26)33-22/h3,6-9,17-18,30H,4-5,10-16H2,1-2H3. The Balaban J connectivity index is 1.51. The minimum absolute atomic E-state index is 0.0196. The van der Waals surface area contributed by atoms with Crippen LogP contribution < -0.4 is 4.90 Å². The molecule has 1 saturated heterocycles. The van der Waals surface area contributed by atoms with Gasteiger partial charge in [0.1, 0.15) is 12.3 Å². The summed E-state index contributed by atoms with van der Waals surface area (Å²) >= 11 is 7.22. The monoisotopic (exact) mass is 489 g/mol. The molecule has 1 fully saturated rings. The van der Waals surface area contributed by atoms with Crippen molar-refractivity contribution in [1.82, 2.24) is 9.80 Å². The molecule has 0 bridgehead atoms. The molecule has 0 radical (unpaired) electrons. The van der Waals surface area contributed by atoms with E-state index in [2.05, 4.69) is 18.7 Å². The molecule has 2 amide bonds. The molecule has 1 unspecified atom stereocenters. The molecular weight excluding hydrogens is 458 g/mol. The van der Waals surface area contributed by atoms with Gasteiger partial charge in [0.2, 0.25) is 5.91 Å². The summed E-state index contributed by atoms with van der Waals surface area (Å²) in [5.41, 5.74) is 1.32. The van der Waals surface area contributed by atoms with Crippen molar-refractivity contribution in [3.8, 4) is 5.75 Å². The Morgan fingerprint density at radius 1 is 1.18 bits per heavy atom. The van der Waals surface area contributed by atoms with Crippen LogP contribution >= 0.6 is 22.9 Å². The van der Waals surface area contributed by atoms with Gasteiger partial charge in [-0.15, -0.1) is 11.3 Å². The molecule has 33 heavy (non-hydrogen) atoms. The molecule has 3 heterocycles. The maximum atomic E-state index is 13.3. The smallest absolute Gasteiger partial charge is 0.264 e. The Kier molecular flexibility index (Phi) is 7.62. The molecule has 0 spiro atoms. The SMILES string of the molecule is CC(C)N1CCCC(CCN2C(=O)CN(C(=O)c3ccc(Cl)s3)Cc3c(O)cccc32)CC1. The molecule has 178 valence electrons. The summed E-state index contributed by atoms with van der Waals surface area (Å²) in [6.45, 7) is 7.48. The van der Waals surface area contributed by atoms with Crippen LogP contribution in [-0.4, -0.2) is 58.9 Å². The van der Waals surface area contributed by atoms with Gasteiger partial charge in [0, 0.05) is 18.2 Å². The molecular formula is C25H32ClN3O3S. The summed E-state index contributed by atoms with van der Waals surface area (Å²) in [6, 6.07) is 9.18. The number of hydrogen-bond acceptors (Lipinski definition) is 5. The van der Waals surface area contributed by atoms with Crippen LogP contribution in [0.1, 0.15) is 54.8 Å². The van der Waals surface area contributed by atoms with Gasteiger partial charge in [0.15, 0.2) is 0 Å². The van der Waals surface area contributed by atoms with Crippen molar-refractivity contribution in [3.05, 3.63) is 45.1 Å². The number of carbonyl (C=O) groups is 2. The first-order valence-electron chi connectivity index (χ1n) is 11.7. The van der Waals surface area contributed by atoms with Crippen molar-refractivity contribution in [2.45, 2.75) is 52.1 Å². The highest BCUT2D eigenvalue weighted by atomic mass is 35.5. The second-order valence-corrected chi connectivity index (χ2v) is 11.0. The van der Waals surface area contributed by atoms with Crippen LogP contribution in [0.3, 0.4) is 0 Å². The van der Waals surface area contributed by atoms with Crippen LogP contribution in [0.15, 0.2) is 30.3 Å². The van der Waals surface area contributed by atoms with E-state index in [4.69, 9.17) is 11.6 Å². The third-order valence-corrected chi connectivity index (χ3v) is 8.06. The minimum Gasteiger partial charge on any atom is -0.508 e. The zero-order valence-corrected chi connectivity index (χ0v) is 20.9. The number of aromatic hydroxyl groups is 1. The zero-order valence-electron chi connectivity index (χ0n) is 19.3. The number of rotatable bonds is 5. The van der Waals surface area contributed by atoms with Crippen LogP contribution in [0.2, 0.25) is 4.34 Å². The fourth-order valence-corrected chi connectivity index (χ4v) is 5.90. The van der Waals surface area contributed by atoms with Crippen molar-refractivity contribution in [1.29, 1.82) is 0 Å². The lowest BCUT2D eigenvalue weighted by Crippen LogP contribution is -2.40. The highest BCUT2D eigenvalue weighted by Crippen LogP contribution is 2.34. The molecule has 1 aromatic carbocycles. The van der Waals surface area contributed by atoms with E-state index in [0.717, 1.165) is 25.9 Å². The highest BCUT2D eigenvalue weighted by Gasteiger charge is 2.32. The number of amides is 2. The molecule has 1 atom stereocenters. The van der Waals surface area contributed by atoms with Crippen molar-refractivity contribution in [3.63, 3.8) is 0 Å². The van der Waals surface area contributed by atoms with Crippen molar-refractivity contribution < 1.29 is 14.7 Å². The molecule has 2 aromatic rings. The Labute approximate surface area is 204 Å². The first-order valence-corrected chi connectivity index (χ1v) is 12.9. The lowest BCUT2D eigenvalue weighted by Gasteiger charge is -2.26. The van der Waals surface area contributed by atoms with Gasteiger partial charge in [-0.2, -0.15) is 0 Å². The largest absolute Gasteiger partial charge is 0.508 e. The molecule has 8 heteroatoms. The average molecular weight is 490 g/mol. The van der Waals surface area contributed by atoms with Gasteiger partial charge in [-0.25, -0.2) is 0 Å². The molecule has 4 rings (SSSR count). The number of phenolic OH excluding ortho intramolecular Hbond substituents is 1. The van der Waals surface area contributed by atoms with Crippen LogP contribution in [-0.2, 0) is 11.3 Å².